The molecule has 242 valence electrons. The Morgan fingerprint density at radius 2 is 1.05 bits per heavy atom. The van der Waals surface area contributed by atoms with Crippen molar-refractivity contribution >= 4 is 30.0 Å². The molecule has 0 fully saturated rings. The Hall–Kier alpha value is -1.83. The average Bonchev–Trinajstić information content (AvgIpc) is 2.79. The van der Waals surface area contributed by atoms with Gasteiger partial charge in [0.15, 0.2) is 6.10 Å². The predicted octanol–water partition coefficient (Wildman–Crippen LogP) is 9.50. The number of aliphatic hydroxyl groups excluding tert-OH is 1. The normalized spacial score (nSPS) is 14.8. The lowest BCUT2D eigenvalue weighted by molar-refractivity contribution is -0.141. The molecule has 5 nitrogen and oxygen atoms in total. The third kappa shape index (κ3) is 10.1. The van der Waals surface area contributed by atoms with E-state index in [1.165, 1.54) is 0 Å². The molecule has 0 aliphatic heterocycles. The highest BCUT2D eigenvalue weighted by Crippen LogP contribution is 2.51. The van der Waals surface area contributed by atoms with Crippen molar-refractivity contribution in [3.63, 3.8) is 0 Å². The van der Waals surface area contributed by atoms with Gasteiger partial charge in [0.1, 0.15) is 18.1 Å². The van der Waals surface area contributed by atoms with E-state index >= 15 is 0 Å². The fraction of sp³-hybridized carbons (Fsp3) is 0.639. The number of phenolic OH excluding ortho intramolecular Hbond substituents is 1. The van der Waals surface area contributed by atoms with Crippen molar-refractivity contribution in [1.29, 1.82) is 0 Å². The van der Waals surface area contributed by atoms with E-state index in [-0.39, 0.29) is 32.3 Å². The third-order valence-corrected chi connectivity index (χ3v) is 9.69. The number of rotatable bonds is 10. The van der Waals surface area contributed by atoms with Gasteiger partial charge in [-0.15, -0.1) is 23.5 Å². The highest BCUT2D eigenvalue weighted by atomic mass is 32.2. The van der Waals surface area contributed by atoms with Gasteiger partial charge in [-0.05, 0) is 66.7 Å². The van der Waals surface area contributed by atoms with Crippen LogP contribution in [0.3, 0.4) is 0 Å². The maximum Gasteiger partial charge on any atom is 0.293 e. The largest absolute Gasteiger partial charge is 0.507 e. The second-order valence-electron chi connectivity index (χ2n) is 16.1. The van der Waals surface area contributed by atoms with Crippen LogP contribution in [0.5, 0.6) is 11.5 Å². The predicted molar refractivity (Wildman–Crippen MR) is 183 cm³/mol. The SMILES string of the molecule is C[C@H](O)C(COc1c(C(C)(C)C)cc(SC(C)(C)Sc2cc(C(C)(C)C)c(O)c(C(C)(C)C)c2)cc1C(C)(C)C)OC=O. The highest BCUT2D eigenvalue weighted by molar-refractivity contribution is 8.18. The standard InChI is InChI=1S/C36H56O5S2/c1-22(38)29(41-21-37)20-40-31-27(34(8,9)10)18-24(19-28(31)35(11,12)13)43-36(14,15)42-23-16-25(32(2,3)4)30(39)26(17-23)33(5,6)7/h16-19,21-22,29,38-39H,20H2,1-15H3/t22-,29?/m0/s1. The molecule has 2 aromatic rings. The van der Waals surface area contributed by atoms with E-state index in [1.54, 1.807) is 18.7 Å². The summed E-state index contributed by atoms with van der Waals surface area (Å²) in [4.78, 5) is 13.3. The summed E-state index contributed by atoms with van der Waals surface area (Å²) in [5.41, 5.74) is 3.21. The van der Waals surface area contributed by atoms with Gasteiger partial charge in [0.05, 0.1) is 10.2 Å². The van der Waals surface area contributed by atoms with E-state index in [2.05, 4.69) is 121 Å². The second-order valence-corrected chi connectivity index (χ2v) is 19.8. The molecule has 0 saturated heterocycles. The molecule has 0 aliphatic rings. The molecule has 0 spiro atoms. The van der Waals surface area contributed by atoms with E-state index in [0.29, 0.717) is 12.2 Å². The second kappa shape index (κ2) is 13.3. The topological polar surface area (TPSA) is 76.0 Å². The minimum absolute atomic E-state index is 0.0590. The van der Waals surface area contributed by atoms with Gasteiger partial charge in [-0.1, -0.05) is 83.1 Å². The Labute approximate surface area is 269 Å². The van der Waals surface area contributed by atoms with Crippen molar-refractivity contribution in [3.05, 3.63) is 46.5 Å². The average molecular weight is 633 g/mol. The van der Waals surface area contributed by atoms with Gasteiger partial charge in [-0.25, -0.2) is 0 Å². The van der Waals surface area contributed by atoms with Crippen molar-refractivity contribution in [1.82, 2.24) is 0 Å². The first-order chi connectivity index (χ1) is 19.3. The minimum atomic E-state index is -0.855. The van der Waals surface area contributed by atoms with Gasteiger partial charge < -0.3 is 19.7 Å². The molecule has 0 aliphatic carbocycles. The molecule has 0 radical (unpaired) electrons. The lowest BCUT2D eigenvalue weighted by Gasteiger charge is -2.33. The Kier molecular flexibility index (Phi) is 11.5. The molecule has 0 bridgehead atoms. The summed E-state index contributed by atoms with van der Waals surface area (Å²) >= 11 is 3.62. The summed E-state index contributed by atoms with van der Waals surface area (Å²) in [7, 11) is 0. The molecule has 0 amide bonds. The lowest BCUT2D eigenvalue weighted by atomic mass is 9.79. The summed E-state index contributed by atoms with van der Waals surface area (Å²) in [6.07, 6.45) is -1.62. The number of carbonyl (C=O) groups excluding carboxylic acids is 1. The maximum absolute atomic E-state index is 11.2. The van der Waals surface area contributed by atoms with Crippen LogP contribution in [0.15, 0.2) is 34.1 Å². The van der Waals surface area contributed by atoms with Crippen LogP contribution in [-0.4, -0.2) is 39.6 Å². The van der Waals surface area contributed by atoms with Crippen LogP contribution in [0, 0.1) is 0 Å². The van der Waals surface area contributed by atoms with Gasteiger partial charge in [0.2, 0.25) is 0 Å². The zero-order valence-electron chi connectivity index (χ0n) is 29.2. The number of aromatic hydroxyl groups is 1. The molecule has 2 rings (SSSR count). The Balaban J connectivity index is 2.61. The van der Waals surface area contributed by atoms with Crippen molar-refractivity contribution in [2.75, 3.05) is 6.61 Å². The Bertz CT molecular complexity index is 1200. The molecule has 7 heteroatoms. The van der Waals surface area contributed by atoms with Gasteiger partial charge in [-0.3, -0.25) is 4.79 Å². The van der Waals surface area contributed by atoms with Gasteiger partial charge >= 0.3 is 0 Å². The Morgan fingerprint density at radius 1 is 0.698 bits per heavy atom. The van der Waals surface area contributed by atoms with Crippen molar-refractivity contribution < 1.29 is 24.5 Å². The van der Waals surface area contributed by atoms with Gasteiger partial charge in [0, 0.05) is 32.0 Å². The van der Waals surface area contributed by atoms with Crippen LogP contribution in [0.25, 0.3) is 0 Å². The van der Waals surface area contributed by atoms with E-state index in [1.807, 2.05) is 11.8 Å². The first kappa shape index (κ1) is 37.4. The van der Waals surface area contributed by atoms with Crippen molar-refractivity contribution in [2.45, 2.75) is 152 Å². The van der Waals surface area contributed by atoms with Crippen LogP contribution in [0.4, 0.5) is 0 Å². The maximum atomic E-state index is 11.2. The quantitative estimate of drug-likeness (QED) is 0.153. The number of benzene rings is 2. The number of carbonyl (C=O) groups is 1. The molecule has 2 atom stereocenters. The highest BCUT2D eigenvalue weighted by Gasteiger charge is 2.32. The zero-order chi connectivity index (χ0) is 33.3. The molecule has 1 unspecified atom stereocenters. The van der Waals surface area contributed by atoms with E-state index < -0.39 is 12.2 Å². The molecule has 0 aromatic heterocycles. The summed E-state index contributed by atoms with van der Waals surface area (Å²) in [5.74, 6) is 1.17. The Morgan fingerprint density at radius 3 is 1.35 bits per heavy atom. The third-order valence-electron chi connectivity index (χ3n) is 7.27. The fourth-order valence-electron chi connectivity index (χ4n) is 4.86. The molecule has 0 heterocycles. The summed E-state index contributed by atoms with van der Waals surface area (Å²) in [6, 6.07) is 8.73. The van der Waals surface area contributed by atoms with Crippen molar-refractivity contribution in [3.8, 4) is 11.5 Å². The van der Waals surface area contributed by atoms with E-state index in [9.17, 15) is 15.0 Å². The number of aliphatic hydroxyl groups is 1. The summed E-state index contributed by atoms with van der Waals surface area (Å²) in [6.45, 7) is 32.4. The van der Waals surface area contributed by atoms with E-state index in [0.717, 1.165) is 37.8 Å². The van der Waals surface area contributed by atoms with Gasteiger partial charge in [0.25, 0.3) is 6.47 Å². The minimum Gasteiger partial charge on any atom is -0.507 e. The van der Waals surface area contributed by atoms with Crippen LogP contribution in [0.2, 0.25) is 0 Å². The monoisotopic (exact) mass is 632 g/mol. The smallest absolute Gasteiger partial charge is 0.293 e. The summed E-state index contributed by atoms with van der Waals surface area (Å²) in [5, 5.41) is 21.4. The number of hydrogen-bond donors (Lipinski definition) is 2. The molecule has 0 saturated carbocycles. The summed E-state index contributed by atoms with van der Waals surface area (Å²) < 4.78 is 11.3. The molecular formula is C36H56O5S2. The first-order valence-corrected chi connectivity index (χ1v) is 16.8. The zero-order valence-corrected chi connectivity index (χ0v) is 30.8. The number of hydrogen-bond acceptors (Lipinski definition) is 7. The fourth-order valence-corrected chi connectivity index (χ4v) is 7.45. The van der Waals surface area contributed by atoms with Crippen LogP contribution in [-0.2, 0) is 31.2 Å². The molecule has 2 aromatic carbocycles. The van der Waals surface area contributed by atoms with E-state index in [4.69, 9.17) is 9.47 Å². The van der Waals surface area contributed by atoms with Crippen LogP contribution < -0.4 is 4.74 Å². The van der Waals surface area contributed by atoms with Gasteiger partial charge in [-0.2, -0.15) is 0 Å². The number of ether oxygens (including phenoxy) is 2. The van der Waals surface area contributed by atoms with Crippen LogP contribution in [0.1, 0.15) is 126 Å². The molecular weight excluding hydrogens is 577 g/mol. The lowest BCUT2D eigenvalue weighted by Crippen LogP contribution is -2.33. The molecule has 2 N–H and O–H groups in total. The first-order valence-electron chi connectivity index (χ1n) is 15.1. The van der Waals surface area contributed by atoms with Crippen LogP contribution >= 0.6 is 23.5 Å². The van der Waals surface area contributed by atoms with Crippen molar-refractivity contribution in [2.24, 2.45) is 0 Å². The molecule has 43 heavy (non-hydrogen) atoms. The number of thioether (sulfide) groups is 2. The number of phenols is 1.